The minimum atomic E-state index is -0.0935. The number of aromatic amines is 1. The van der Waals surface area contributed by atoms with Gasteiger partial charge in [0, 0.05) is 16.8 Å². The number of aromatic nitrogens is 2. The zero-order chi connectivity index (χ0) is 18.8. The van der Waals surface area contributed by atoms with Crippen LogP contribution in [-0.2, 0) is 17.1 Å². The monoisotopic (exact) mass is 407 g/mol. The summed E-state index contributed by atoms with van der Waals surface area (Å²) in [7, 11) is 1.82. The lowest BCUT2D eigenvalue weighted by atomic mass is 10.2. The Balaban J connectivity index is 1.59. The van der Waals surface area contributed by atoms with E-state index in [4.69, 9.17) is 0 Å². The van der Waals surface area contributed by atoms with Gasteiger partial charge in [-0.15, -0.1) is 34.4 Å². The number of thioether (sulfide) groups is 1. The molecule has 0 spiro atoms. The highest BCUT2D eigenvalue weighted by atomic mass is 32.2. The second kappa shape index (κ2) is 7.94. The van der Waals surface area contributed by atoms with E-state index in [1.54, 1.807) is 27.6 Å². The number of nitrogens with one attached hydrogen (secondary N) is 1. The van der Waals surface area contributed by atoms with Gasteiger partial charge < -0.3 is 9.88 Å². The number of fused-ring (bicyclic) bond motifs is 1. The minimum Gasteiger partial charge on any atom is -0.340 e. The first-order valence-electron chi connectivity index (χ1n) is 8.20. The quantitative estimate of drug-likeness (QED) is 0.674. The average molecular weight is 408 g/mol. The number of thiophene rings is 2. The molecule has 0 aliphatic carbocycles. The van der Waals surface area contributed by atoms with E-state index >= 15 is 0 Å². The topological polar surface area (TPSA) is 66.1 Å². The van der Waals surface area contributed by atoms with Gasteiger partial charge in [0.05, 0.1) is 23.4 Å². The van der Waals surface area contributed by atoms with Gasteiger partial charge in [-0.2, -0.15) is 0 Å². The fraction of sp³-hybridized carbons (Fsp3) is 0.389. The first-order chi connectivity index (χ1) is 12.4. The summed E-state index contributed by atoms with van der Waals surface area (Å²) in [5.74, 6) is 1.58. The van der Waals surface area contributed by atoms with Crippen LogP contribution in [0.15, 0.2) is 16.2 Å². The standard InChI is InChI=1S/C18H21N3O2S3/c1-10-5-6-25-13(10)7-21(4)15(22)9-24-8-14-19-17(23)16-11(2)12(3)26-18(16)20-14/h5-6H,7-9H2,1-4H3,(H,19,20,23). The van der Waals surface area contributed by atoms with Gasteiger partial charge in [-0.1, -0.05) is 0 Å². The number of hydrogen-bond acceptors (Lipinski definition) is 6. The van der Waals surface area contributed by atoms with E-state index in [-0.39, 0.29) is 11.5 Å². The average Bonchev–Trinajstić information content (AvgIpc) is 3.11. The maximum absolute atomic E-state index is 12.3. The third-order valence-electron chi connectivity index (χ3n) is 4.33. The molecule has 3 rings (SSSR count). The molecule has 3 heterocycles. The van der Waals surface area contributed by atoms with Crippen LogP contribution in [0.3, 0.4) is 0 Å². The Labute approximate surface area is 164 Å². The molecular formula is C18H21N3O2S3. The van der Waals surface area contributed by atoms with Crippen LogP contribution in [0.2, 0.25) is 0 Å². The highest BCUT2D eigenvalue weighted by Crippen LogP contribution is 2.26. The second-order valence-electron chi connectivity index (χ2n) is 6.25. The Morgan fingerprint density at radius 1 is 1.35 bits per heavy atom. The number of amides is 1. The predicted molar refractivity (Wildman–Crippen MR) is 111 cm³/mol. The maximum Gasteiger partial charge on any atom is 0.259 e. The molecule has 5 nitrogen and oxygen atoms in total. The van der Waals surface area contributed by atoms with Crippen LogP contribution in [-0.4, -0.2) is 33.6 Å². The molecule has 0 radical (unpaired) electrons. The Kier molecular flexibility index (Phi) is 5.84. The van der Waals surface area contributed by atoms with E-state index in [2.05, 4.69) is 23.0 Å². The molecular weight excluding hydrogens is 386 g/mol. The molecule has 3 aromatic rings. The predicted octanol–water partition coefficient (Wildman–Crippen LogP) is 3.86. The molecule has 1 N–H and O–H groups in total. The summed E-state index contributed by atoms with van der Waals surface area (Å²) in [4.78, 5) is 36.8. The first-order valence-corrected chi connectivity index (χ1v) is 11.1. The molecule has 138 valence electrons. The summed E-state index contributed by atoms with van der Waals surface area (Å²) in [5.41, 5.74) is 2.13. The van der Waals surface area contributed by atoms with Gasteiger partial charge in [-0.05, 0) is 43.3 Å². The van der Waals surface area contributed by atoms with Crippen molar-refractivity contribution in [2.45, 2.75) is 33.1 Å². The molecule has 0 unspecified atom stereocenters. The molecule has 3 aromatic heterocycles. The lowest BCUT2D eigenvalue weighted by molar-refractivity contribution is -0.127. The van der Waals surface area contributed by atoms with Crippen molar-refractivity contribution in [3.05, 3.63) is 48.5 Å². The van der Waals surface area contributed by atoms with Crippen LogP contribution in [0.25, 0.3) is 10.2 Å². The number of H-pyrrole nitrogens is 1. The van der Waals surface area contributed by atoms with E-state index in [1.165, 1.54) is 22.2 Å². The van der Waals surface area contributed by atoms with Crippen molar-refractivity contribution in [3.63, 3.8) is 0 Å². The summed E-state index contributed by atoms with van der Waals surface area (Å²) < 4.78 is 0. The van der Waals surface area contributed by atoms with Crippen molar-refractivity contribution in [2.75, 3.05) is 12.8 Å². The van der Waals surface area contributed by atoms with Gasteiger partial charge >= 0.3 is 0 Å². The van der Waals surface area contributed by atoms with Crippen LogP contribution in [0.5, 0.6) is 0 Å². The summed E-state index contributed by atoms with van der Waals surface area (Å²) in [6, 6.07) is 2.07. The molecule has 0 bridgehead atoms. The highest BCUT2D eigenvalue weighted by molar-refractivity contribution is 7.99. The summed E-state index contributed by atoms with van der Waals surface area (Å²) in [6.45, 7) is 6.64. The fourth-order valence-corrected chi connectivity index (χ4v) is 5.42. The van der Waals surface area contributed by atoms with Crippen LogP contribution in [0, 0.1) is 20.8 Å². The summed E-state index contributed by atoms with van der Waals surface area (Å²) >= 11 is 4.69. The van der Waals surface area contributed by atoms with Gasteiger partial charge in [0.15, 0.2) is 0 Å². The van der Waals surface area contributed by atoms with Crippen molar-refractivity contribution < 1.29 is 4.79 Å². The molecule has 26 heavy (non-hydrogen) atoms. The molecule has 0 fully saturated rings. The number of hydrogen-bond donors (Lipinski definition) is 1. The number of carbonyl (C=O) groups excluding carboxylic acids is 1. The van der Waals surface area contributed by atoms with E-state index in [9.17, 15) is 9.59 Å². The molecule has 0 aromatic carbocycles. The van der Waals surface area contributed by atoms with Crippen LogP contribution >= 0.6 is 34.4 Å². The van der Waals surface area contributed by atoms with Gasteiger partial charge in [-0.25, -0.2) is 4.98 Å². The molecule has 8 heteroatoms. The fourth-order valence-electron chi connectivity index (χ4n) is 2.58. The number of carbonyl (C=O) groups is 1. The van der Waals surface area contributed by atoms with Crippen LogP contribution in [0.1, 0.15) is 26.7 Å². The summed E-state index contributed by atoms with van der Waals surface area (Å²) in [6.07, 6.45) is 0. The largest absolute Gasteiger partial charge is 0.340 e. The SMILES string of the molecule is Cc1ccsc1CN(C)C(=O)CSCc1nc2sc(C)c(C)c2c(=O)[nH]1. The van der Waals surface area contributed by atoms with Crippen molar-refractivity contribution in [1.82, 2.24) is 14.9 Å². The van der Waals surface area contributed by atoms with Gasteiger partial charge in [0.2, 0.25) is 5.91 Å². The Hall–Kier alpha value is -1.64. The first kappa shape index (κ1) is 19.1. The van der Waals surface area contributed by atoms with Crippen molar-refractivity contribution in [2.24, 2.45) is 0 Å². The van der Waals surface area contributed by atoms with Crippen LogP contribution in [0.4, 0.5) is 0 Å². The summed E-state index contributed by atoms with van der Waals surface area (Å²) in [5, 5.41) is 2.73. The smallest absolute Gasteiger partial charge is 0.259 e. The minimum absolute atomic E-state index is 0.0778. The lowest BCUT2D eigenvalue weighted by Gasteiger charge is -2.16. The van der Waals surface area contributed by atoms with Gasteiger partial charge in [0.25, 0.3) is 5.56 Å². The number of aryl methyl sites for hydroxylation is 3. The normalized spacial score (nSPS) is 11.2. The second-order valence-corrected chi connectivity index (χ2v) is 9.43. The van der Waals surface area contributed by atoms with E-state index < -0.39 is 0 Å². The number of nitrogens with zero attached hydrogens (tertiary/aromatic N) is 2. The molecule has 1 amide bonds. The third-order valence-corrected chi connectivity index (χ3v) is 7.36. The van der Waals surface area contributed by atoms with E-state index in [0.717, 1.165) is 15.3 Å². The van der Waals surface area contributed by atoms with Gasteiger partial charge in [-0.3, -0.25) is 9.59 Å². The Bertz CT molecular complexity index is 1000. The molecule has 0 atom stereocenters. The highest BCUT2D eigenvalue weighted by Gasteiger charge is 2.14. The zero-order valence-electron chi connectivity index (χ0n) is 15.2. The maximum atomic E-state index is 12.3. The van der Waals surface area contributed by atoms with E-state index in [0.29, 0.717) is 29.3 Å². The molecule has 0 aliphatic heterocycles. The zero-order valence-corrected chi connectivity index (χ0v) is 17.7. The van der Waals surface area contributed by atoms with Gasteiger partial charge in [0.1, 0.15) is 10.7 Å². The Morgan fingerprint density at radius 2 is 2.12 bits per heavy atom. The molecule has 0 saturated heterocycles. The molecule has 0 aliphatic rings. The van der Waals surface area contributed by atoms with Crippen molar-refractivity contribution in [3.8, 4) is 0 Å². The Morgan fingerprint density at radius 3 is 2.81 bits per heavy atom. The number of rotatable bonds is 6. The van der Waals surface area contributed by atoms with Crippen molar-refractivity contribution in [1.29, 1.82) is 0 Å². The van der Waals surface area contributed by atoms with Crippen molar-refractivity contribution >= 4 is 50.6 Å². The third kappa shape index (κ3) is 4.02. The van der Waals surface area contributed by atoms with Crippen LogP contribution < -0.4 is 5.56 Å². The van der Waals surface area contributed by atoms with E-state index in [1.807, 2.05) is 26.3 Å². The lowest BCUT2D eigenvalue weighted by Crippen LogP contribution is -2.27. The molecule has 0 saturated carbocycles.